The highest BCUT2D eigenvalue weighted by Gasteiger charge is 2.14. The van der Waals surface area contributed by atoms with Crippen LogP contribution in [-0.2, 0) is 19.6 Å². The number of aromatic nitrogens is 1. The summed E-state index contributed by atoms with van der Waals surface area (Å²) in [5.41, 5.74) is 2.13. The summed E-state index contributed by atoms with van der Waals surface area (Å²) in [5, 5.41) is 3.90. The standard InChI is InChI=1S/C21H23N3O3S/c1-25-19-8-7-16(11-20(19)26-2)14-24(15-17-5-3-9-22-12-17)21(28)23-13-18-6-4-10-27-18/h3-12H,13-15H2,1-2H3,(H,23,28). The van der Waals surface area contributed by atoms with Crippen molar-refractivity contribution in [2.24, 2.45) is 0 Å². The van der Waals surface area contributed by atoms with Gasteiger partial charge in [-0.05, 0) is 53.7 Å². The van der Waals surface area contributed by atoms with Gasteiger partial charge in [-0.3, -0.25) is 4.98 Å². The first-order valence-electron chi connectivity index (χ1n) is 8.84. The lowest BCUT2D eigenvalue weighted by atomic mass is 10.1. The number of nitrogens with zero attached hydrogens (tertiary/aromatic N) is 2. The van der Waals surface area contributed by atoms with Crippen LogP contribution < -0.4 is 14.8 Å². The number of hydrogen-bond acceptors (Lipinski definition) is 5. The smallest absolute Gasteiger partial charge is 0.169 e. The van der Waals surface area contributed by atoms with Crippen LogP contribution in [0.25, 0.3) is 0 Å². The number of rotatable bonds is 8. The largest absolute Gasteiger partial charge is 0.493 e. The molecule has 146 valence electrons. The molecular weight excluding hydrogens is 374 g/mol. The fourth-order valence-corrected chi connectivity index (χ4v) is 3.00. The Morgan fingerprint density at radius 2 is 1.89 bits per heavy atom. The van der Waals surface area contributed by atoms with E-state index in [4.69, 9.17) is 26.1 Å². The van der Waals surface area contributed by atoms with Crippen molar-refractivity contribution in [2.75, 3.05) is 14.2 Å². The van der Waals surface area contributed by atoms with Gasteiger partial charge in [0, 0.05) is 25.5 Å². The van der Waals surface area contributed by atoms with E-state index in [-0.39, 0.29) is 0 Å². The molecule has 0 saturated carbocycles. The summed E-state index contributed by atoms with van der Waals surface area (Å²) in [6, 6.07) is 13.6. The van der Waals surface area contributed by atoms with Gasteiger partial charge in [-0.2, -0.15) is 0 Å². The molecule has 3 aromatic rings. The Hall–Kier alpha value is -3.06. The fraction of sp³-hybridized carbons (Fsp3) is 0.238. The molecule has 7 heteroatoms. The molecule has 0 bridgehead atoms. The molecule has 0 radical (unpaired) electrons. The van der Waals surface area contributed by atoms with Crippen LogP contribution in [0.4, 0.5) is 0 Å². The third-order valence-corrected chi connectivity index (χ3v) is 4.60. The molecule has 2 aromatic heterocycles. The number of ether oxygens (including phenoxy) is 2. The predicted molar refractivity (Wildman–Crippen MR) is 111 cm³/mol. The summed E-state index contributed by atoms with van der Waals surface area (Å²) >= 11 is 5.65. The molecule has 0 spiro atoms. The average molecular weight is 398 g/mol. The zero-order valence-electron chi connectivity index (χ0n) is 15.9. The second kappa shape index (κ2) is 9.75. The minimum atomic E-state index is 0.529. The van der Waals surface area contributed by atoms with Gasteiger partial charge in [0.25, 0.3) is 0 Å². The van der Waals surface area contributed by atoms with Crippen LogP contribution in [0, 0.1) is 0 Å². The maximum Gasteiger partial charge on any atom is 0.169 e. The van der Waals surface area contributed by atoms with Crippen molar-refractivity contribution in [1.82, 2.24) is 15.2 Å². The van der Waals surface area contributed by atoms with Crippen LogP contribution >= 0.6 is 12.2 Å². The highest BCUT2D eigenvalue weighted by atomic mass is 32.1. The number of thiocarbonyl (C=S) groups is 1. The van der Waals surface area contributed by atoms with Crippen molar-refractivity contribution in [3.05, 3.63) is 78.0 Å². The SMILES string of the molecule is COc1ccc(CN(Cc2cccnc2)C(=S)NCc2ccco2)cc1OC. The first-order chi connectivity index (χ1) is 13.7. The zero-order valence-corrected chi connectivity index (χ0v) is 16.7. The highest BCUT2D eigenvalue weighted by molar-refractivity contribution is 7.80. The molecule has 0 aliphatic rings. The molecule has 6 nitrogen and oxygen atoms in total. The third-order valence-electron chi connectivity index (χ3n) is 4.20. The van der Waals surface area contributed by atoms with Crippen LogP contribution in [-0.4, -0.2) is 29.2 Å². The van der Waals surface area contributed by atoms with Crippen molar-refractivity contribution in [2.45, 2.75) is 19.6 Å². The summed E-state index contributed by atoms with van der Waals surface area (Å²) in [4.78, 5) is 6.28. The van der Waals surface area contributed by atoms with Gasteiger partial charge in [0.15, 0.2) is 16.6 Å². The Morgan fingerprint density at radius 1 is 1.07 bits per heavy atom. The number of methoxy groups -OCH3 is 2. The van der Waals surface area contributed by atoms with E-state index >= 15 is 0 Å². The molecule has 0 aliphatic carbocycles. The number of benzene rings is 1. The van der Waals surface area contributed by atoms with E-state index in [1.165, 1.54) is 0 Å². The molecule has 0 fully saturated rings. The highest BCUT2D eigenvalue weighted by Crippen LogP contribution is 2.28. The quantitative estimate of drug-likeness (QED) is 0.581. The van der Waals surface area contributed by atoms with E-state index in [0.29, 0.717) is 36.2 Å². The van der Waals surface area contributed by atoms with E-state index < -0.39 is 0 Å². The van der Waals surface area contributed by atoms with Crippen LogP contribution in [0.15, 0.2) is 65.5 Å². The maximum atomic E-state index is 5.65. The molecule has 0 atom stereocenters. The van der Waals surface area contributed by atoms with Crippen molar-refractivity contribution >= 4 is 17.3 Å². The molecule has 0 saturated heterocycles. The summed E-state index contributed by atoms with van der Waals surface area (Å²) < 4.78 is 16.1. The van der Waals surface area contributed by atoms with Crippen molar-refractivity contribution in [1.29, 1.82) is 0 Å². The monoisotopic (exact) mass is 397 g/mol. The van der Waals surface area contributed by atoms with Gasteiger partial charge in [0.05, 0.1) is 27.0 Å². The van der Waals surface area contributed by atoms with Gasteiger partial charge in [-0.15, -0.1) is 0 Å². The average Bonchev–Trinajstić information content (AvgIpc) is 3.26. The summed E-state index contributed by atoms with van der Waals surface area (Å²) in [7, 11) is 3.25. The van der Waals surface area contributed by atoms with Crippen molar-refractivity contribution in [3.63, 3.8) is 0 Å². The minimum absolute atomic E-state index is 0.529. The predicted octanol–water partition coefficient (Wildman–Crippen LogP) is 3.77. The molecular formula is C21H23N3O3S. The van der Waals surface area contributed by atoms with Crippen LogP contribution in [0.2, 0.25) is 0 Å². The van der Waals surface area contributed by atoms with Gasteiger partial charge in [0.1, 0.15) is 5.76 Å². The number of pyridine rings is 1. The summed E-state index contributed by atoms with van der Waals surface area (Å²) in [6.07, 6.45) is 5.25. The second-order valence-electron chi connectivity index (χ2n) is 6.14. The third kappa shape index (κ3) is 5.23. The van der Waals surface area contributed by atoms with E-state index in [2.05, 4.69) is 15.2 Å². The molecule has 28 heavy (non-hydrogen) atoms. The van der Waals surface area contributed by atoms with E-state index in [9.17, 15) is 0 Å². The topological polar surface area (TPSA) is 59.8 Å². The van der Waals surface area contributed by atoms with Gasteiger partial charge >= 0.3 is 0 Å². The molecule has 2 heterocycles. The van der Waals surface area contributed by atoms with E-state index in [0.717, 1.165) is 16.9 Å². The number of nitrogens with one attached hydrogen (secondary N) is 1. The Labute approximate surface area is 170 Å². The number of furan rings is 1. The molecule has 1 aromatic carbocycles. The molecule has 0 unspecified atom stereocenters. The Morgan fingerprint density at radius 3 is 2.57 bits per heavy atom. The van der Waals surface area contributed by atoms with Gasteiger partial charge in [-0.1, -0.05) is 12.1 Å². The zero-order chi connectivity index (χ0) is 19.8. The van der Waals surface area contributed by atoms with Crippen LogP contribution in [0.3, 0.4) is 0 Å². The first-order valence-corrected chi connectivity index (χ1v) is 9.25. The van der Waals surface area contributed by atoms with Gasteiger partial charge < -0.3 is 24.1 Å². The molecule has 0 amide bonds. The molecule has 0 aliphatic heterocycles. The normalized spacial score (nSPS) is 10.4. The summed E-state index contributed by atoms with van der Waals surface area (Å²) in [6.45, 7) is 1.77. The fourth-order valence-electron chi connectivity index (χ4n) is 2.80. The van der Waals surface area contributed by atoms with Gasteiger partial charge in [0.2, 0.25) is 0 Å². The lowest BCUT2D eigenvalue weighted by Gasteiger charge is -2.26. The van der Waals surface area contributed by atoms with Gasteiger partial charge in [-0.25, -0.2) is 0 Å². The lowest BCUT2D eigenvalue weighted by Crippen LogP contribution is -2.38. The van der Waals surface area contributed by atoms with Crippen molar-refractivity contribution < 1.29 is 13.9 Å². The first kappa shape index (κ1) is 19.7. The molecule has 1 N–H and O–H groups in total. The minimum Gasteiger partial charge on any atom is -0.493 e. The Balaban J connectivity index is 1.76. The number of hydrogen-bond donors (Lipinski definition) is 1. The van der Waals surface area contributed by atoms with E-state index in [1.54, 1.807) is 26.7 Å². The lowest BCUT2D eigenvalue weighted by molar-refractivity contribution is 0.352. The van der Waals surface area contributed by atoms with E-state index in [1.807, 2.05) is 48.7 Å². The Bertz CT molecular complexity index is 885. The Kier molecular flexibility index (Phi) is 6.86. The van der Waals surface area contributed by atoms with Crippen LogP contribution in [0.5, 0.6) is 11.5 Å². The molecule has 3 rings (SSSR count). The van der Waals surface area contributed by atoms with Crippen molar-refractivity contribution in [3.8, 4) is 11.5 Å². The van der Waals surface area contributed by atoms with Crippen LogP contribution in [0.1, 0.15) is 16.9 Å². The summed E-state index contributed by atoms with van der Waals surface area (Å²) in [5.74, 6) is 2.22. The maximum absolute atomic E-state index is 5.65. The second-order valence-corrected chi connectivity index (χ2v) is 6.53.